The lowest BCUT2D eigenvalue weighted by atomic mass is 10.2. The Balaban J connectivity index is 1.89. The van der Waals surface area contributed by atoms with Gasteiger partial charge in [-0.2, -0.15) is 0 Å². The normalized spacial score (nSPS) is 21.2. The van der Waals surface area contributed by atoms with Gasteiger partial charge in [-0.25, -0.2) is 0 Å². The van der Waals surface area contributed by atoms with Crippen molar-refractivity contribution in [1.29, 1.82) is 0 Å². The van der Waals surface area contributed by atoms with Gasteiger partial charge in [-0.05, 0) is 20.3 Å². The third kappa shape index (κ3) is 3.99. The zero-order valence-electron chi connectivity index (χ0n) is 12.1. The smallest absolute Gasteiger partial charge is 0.147 e. The Labute approximate surface area is 114 Å². The highest BCUT2D eigenvalue weighted by atomic mass is 16.5. The number of aromatic nitrogens is 3. The minimum Gasteiger partial charge on any atom is -0.385 e. The molecule has 0 saturated carbocycles. The van der Waals surface area contributed by atoms with Crippen LogP contribution in [0.25, 0.3) is 0 Å². The monoisotopic (exact) mass is 268 g/mol. The van der Waals surface area contributed by atoms with Crippen LogP contribution in [-0.2, 0) is 16.0 Å². The summed E-state index contributed by atoms with van der Waals surface area (Å²) in [7, 11) is 1.73. The van der Waals surface area contributed by atoms with Crippen molar-refractivity contribution in [3.8, 4) is 0 Å². The van der Waals surface area contributed by atoms with Gasteiger partial charge in [0, 0.05) is 32.8 Å². The van der Waals surface area contributed by atoms with Crippen LogP contribution in [0.3, 0.4) is 0 Å². The van der Waals surface area contributed by atoms with Gasteiger partial charge in [-0.15, -0.1) is 10.2 Å². The van der Waals surface area contributed by atoms with Crippen LogP contribution in [0.15, 0.2) is 6.33 Å². The molecule has 6 heteroatoms. The SMILES string of the molecule is COCC[C@@H]1CN(Cc2nncn2C(C)C)CCO1. The molecular formula is C13H24N4O2. The van der Waals surface area contributed by atoms with Crippen molar-refractivity contribution in [2.24, 2.45) is 0 Å². The van der Waals surface area contributed by atoms with Crippen molar-refractivity contribution in [3.63, 3.8) is 0 Å². The zero-order valence-corrected chi connectivity index (χ0v) is 12.1. The minimum absolute atomic E-state index is 0.268. The molecule has 0 aliphatic carbocycles. The van der Waals surface area contributed by atoms with E-state index in [2.05, 4.69) is 33.5 Å². The van der Waals surface area contributed by atoms with E-state index in [1.54, 1.807) is 7.11 Å². The van der Waals surface area contributed by atoms with Crippen LogP contribution in [0, 0.1) is 0 Å². The maximum absolute atomic E-state index is 5.74. The fraction of sp³-hybridized carbons (Fsp3) is 0.846. The van der Waals surface area contributed by atoms with Gasteiger partial charge in [0.1, 0.15) is 12.2 Å². The molecule has 1 fully saturated rings. The third-order valence-corrected chi connectivity index (χ3v) is 3.44. The molecule has 0 amide bonds. The molecule has 0 N–H and O–H groups in total. The summed E-state index contributed by atoms with van der Waals surface area (Å²) in [5, 5.41) is 8.24. The van der Waals surface area contributed by atoms with E-state index in [0.29, 0.717) is 6.04 Å². The fourth-order valence-electron chi connectivity index (χ4n) is 2.36. The molecule has 0 bridgehead atoms. The largest absolute Gasteiger partial charge is 0.385 e. The van der Waals surface area contributed by atoms with E-state index in [4.69, 9.17) is 9.47 Å². The molecule has 1 aromatic heterocycles. The van der Waals surface area contributed by atoms with Crippen LogP contribution in [0.2, 0.25) is 0 Å². The van der Waals surface area contributed by atoms with Crippen LogP contribution in [0.5, 0.6) is 0 Å². The summed E-state index contributed by atoms with van der Waals surface area (Å²) in [5.41, 5.74) is 0. The van der Waals surface area contributed by atoms with E-state index in [0.717, 1.165) is 45.1 Å². The van der Waals surface area contributed by atoms with Crippen molar-refractivity contribution in [1.82, 2.24) is 19.7 Å². The maximum Gasteiger partial charge on any atom is 0.147 e. The molecule has 1 saturated heterocycles. The second-order valence-corrected chi connectivity index (χ2v) is 5.26. The number of hydrogen-bond acceptors (Lipinski definition) is 5. The van der Waals surface area contributed by atoms with Crippen molar-refractivity contribution in [3.05, 3.63) is 12.2 Å². The molecular weight excluding hydrogens is 244 g/mol. The highest BCUT2D eigenvalue weighted by Gasteiger charge is 2.22. The Morgan fingerprint density at radius 1 is 1.53 bits per heavy atom. The Morgan fingerprint density at radius 2 is 2.37 bits per heavy atom. The second kappa shape index (κ2) is 6.98. The first kappa shape index (κ1) is 14.4. The first-order valence-corrected chi connectivity index (χ1v) is 6.92. The third-order valence-electron chi connectivity index (χ3n) is 3.44. The molecule has 0 spiro atoms. The van der Waals surface area contributed by atoms with Gasteiger partial charge in [0.25, 0.3) is 0 Å². The van der Waals surface area contributed by atoms with Crippen LogP contribution in [0.1, 0.15) is 32.1 Å². The molecule has 0 unspecified atom stereocenters. The summed E-state index contributed by atoms with van der Waals surface area (Å²) in [6.45, 7) is 8.56. The summed E-state index contributed by atoms with van der Waals surface area (Å²) in [6, 6.07) is 0.398. The fourth-order valence-corrected chi connectivity index (χ4v) is 2.36. The predicted octanol–water partition coefficient (Wildman–Crippen LogP) is 1.10. The summed E-state index contributed by atoms with van der Waals surface area (Å²) < 4.78 is 13.0. The summed E-state index contributed by atoms with van der Waals surface area (Å²) >= 11 is 0. The molecule has 1 aromatic rings. The molecule has 0 aromatic carbocycles. The molecule has 2 heterocycles. The summed E-state index contributed by atoms with van der Waals surface area (Å²) in [4.78, 5) is 2.38. The van der Waals surface area contributed by atoms with Crippen LogP contribution < -0.4 is 0 Å². The standard InChI is InChI=1S/C13H24N4O2/c1-11(2)17-10-14-15-13(17)9-16-5-7-19-12(8-16)4-6-18-3/h10-12H,4-9H2,1-3H3/t12-/m1/s1. The first-order chi connectivity index (χ1) is 9.20. The van der Waals surface area contributed by atoms with Crippen molar-refractivity contribution >= 4 is 0 Å². The van der Waals surface area contributed by atoms with E-state index in [1.807, 2.05) is 6.33 Å². The maximum atomic E-state index is 5.74. The van der Waals surface area contributed by atoms with E-state index in [-0.39, 0.29) is 6.10 Å². The highest BCUT2D eigenvalue weighted by Crippen LogP contribution is 2.13. The number of morpholine rings is 1. The van der Waals surface area contributed by atoms with Crippen LogP contribution >= 0.6 is 0 Å². The molecule has 108 valence electrons. The Bertz CT molecular complexity index is 380. The zero-order chi connectivity index (χ0) is 13.7. The van der Waals surface area contributed by atoms with Crippen molar-refractivity contribution in [2.45, 2.75) is 39.0 Å². The van der Waals surface area contributed by atoms with Crippen LogP contribution in [0.4, 0.5) is 0 Å². The number of nitrogens with zero attached hydrogens (tertiary/aromatic N) is 4. The lowest BCUT2D eigenvalue weighted by molar-refractivity contribution is -0.0442. The molecule has 1 aliphatic rings. The van der Waals surface area contributed by atoms with E-state index >= 15 is 0 Å². The van der Waals surface area contributed by atoms with Gasteiger partial charge in [-0.3, -0.25) is 4.90 Å². The van der Waals surface area contributed by atoms with E-state index in [9.17, 15) is 0 Å². The van der Waals surface area contributed by atoms with Crippen molar-refractivity contribution < 1.29 is 9.47 Å². The van der Waals surface area contributed by atoms with Gasteiger partial charge in [0.05, 0.1) is 19.3 Å². The first-order valence-electron chi connectivity index (χ1n) is 6.92. The lowest BCUT2D eigenvalue weighted by Gasteiger charge is -2.32. The van der Waals surface area contributed by atoms with Gasteiger partial charge in [-0.1, -0.05) is 0 Å². The van der Waals surface area contributed by atoms with Gasteiger partial charge >= 0.3 is 0 Å². The molecule has 1 atom stereocenters. The minimum atomic E-state index is 0.268. The Morgan fingerprint density at radius 3 is 3.11 bits per heavy atom. The molecule has 0 radical (unpaired) electrons. The van der Waals surface area contributed by atoms with Crippen LogP contribution in [-0.4, -0.2) is 59.2 Å². The number of methoxy groups -OCH3 is 1. The predicted molar refractivity (Wildman–Crippen MR) is 71.9 cm³/mol. The van der Waals surface area contributed by atoms with E-state index in [1.165, 1.54) is 0 Å². The summed E-state index contributed by atoms with van der Waals surface area (Å²) in [6.07, 6.45) is 3.02. The highest BCUT2D eigenvalue weighted by molar-refractivity contribution is 4.89. The average Bonchev–Trinajstić information content (AvgIpc) is 2.85. The molecule has 19 heavy (non-hydrogen) atoms. The lowest BCUT2D eigenvalue weighted by Crippen LogP contribution is -2.42. The number of ether oxygens (including phenoxy) is 2. The van der Waals surface area contributed by atoms with Crippen molar-refractivity contribution in [2.75, 3.05) is 33.4 Å². The van der Waals surface area contributed by atoms with Gasteiger partial charge in [0.2, 0.25) is 0 Å². The van der Waals surface area contributed by atoms with E-state index < -0.39 is 0 Å². The molecule has 6 nitrogen and oxygen atoms in total. The Hall–Kier alpha value is -0.980. The quantitative estimate of drug-likeness (QED) is 0.773. The second-order valence-electron chi connectivity index (χ2n) is 5.26. The van der Waals surface area contributed by atoms with Gasteiger partial charge < -0.3 is 14.0 Å². The summed E-state index contributed by atoms with van der Waals surface area (Å²) in [5.74, 6) is 1.03. The molecule has 2 rings (SSSR count). The van der Waals surface area contributed by atoms with Gasteiger partial charge in [0.15, 0.2) is 0 Å². The Kier molecular flexibility index (Phi) is 5.30. The average molecular weight is 268 g/mol. The number of hydrogen-bond donors (Lipinski definition) is 0. The topological polar surface area (TPSA) is 52.4 Å². The molecule has 1 aliphatic heterocycles. The number of rotatable bonds is 6.